The first-order valence-electron chi connectivity index (χ1n) is 5.61. The molecule has 0 radical (unpaired) electrons. The number of ether oxygens (including phenoxy) is 1. The SMILES string of the molecule is COc1cccc(CCCc2csc(N)n2)c1. The summed E-state index contributed by atoms with van der Waals surface area (Å²) in [5.41, 5.74) is 7.98. The summed E-state index contributed by atoms with van der Waals surface area (Å²) < 4.78 is 5.20. The first-order chi connectivity index (χ1) is 8.28. The molecule has 0 amide bonds. The Bertz CT molecular complexity index is 482. The molecule has 0 bridgehead atoms. The standard InChI is InChI=1S/C13H16N2OS/c1-16-12-7-3-5-10(8-12)4-2-6-11-9-17-13(14)15-11/h3,5,7-9H,2,4,6H2,1H3,(H2,14,15). The molecule has 1 aromatic heterocycles. The average Bonchev–Trinajstić information content (AvgIpc) is 2.75. The normalized spacial score (nSPS) is 10.4. The number of aryl methyl sites for hydroxylation is 2. The van der Waals surface area contributed by atoms with Crippen molar-refractivity contribution in [2.45, 2.75) is 19.3 Å². The van der Waals surface area contributed by atoms with Crippen LogP contribution in [0.25, 0.3) is 0 Å². The number of thiazole rings is 1. The van der Waals surface area contributed by atoms with Crippen LogP contribution in [0.2, 0.25) is 0 Å². The Morgan fingerprint density at radius 3 is 2.94 bits per heavy atom. The highest BCUT2D eigenvalue weighted by Gasteiger charge is 2.00. The zero-order chi connectivity index (χ0) is 12.1. The number of hydrogen-bond acceptors (Lipinski definition) is 4. The van der Waals surface area contributed by atoms with Crippen molar-refractivity contribution in [1.82, 2.24) is 4.98 Å². The minimum atomic E-state index is 0.654. The third-order valence-corrected chi connectivity index (χ3v) is 3.32. The van der Waals surface area contributed by atoms with Crippen LogP contribution in [0.5, 0.6) is 5.75 Å². The number of benzene rings is 1. The zero-order valence-electron chi connectivity index (χ0n) is 9.85. The maximum absolute atomic E-state index is 5.59. The highest BCUT2D eigenvalue weighted by atomic mass is 32.1. The smallest absolute Gasteiger partial charge is 0.180 e. The zero-order valence-corrected chi connectivity index (χ0v) is 10.7. The van der Waals surface area contributed by atoms with Crippen molar-refractivity contribution in [3.8, 4) is 5.75 Å². The van der Waals surface area contributed by atoms with Gasteiger partial charge in [-0.2, -0.15) is 0 Å². The minimum absolute atomic E-state index is 0.654. The third-order valence-electron chi connectivity index (χ3n) is 2.60. The molecule has 3 nitrogen and oxygen atoms in total. The Kier molecular flexibility index (Phi) is 3.98. The Balaban J connectivity index is 1.85. The van der Waals surface area contributed by atoms with Crippen LogP contribution in [-0.4, -0.2) is 12.1 Å². The molecule has 2 N–H and O–H groups in total. The maximum atomic E-state index is 5.59. The Morgan fingerprint density at radius 1 is 1.35 bits per heavy atom. The minimum Gasteiger partial charge on any atom is -0.497 e. The fraction of sp³-hybridized carbons (Fsp3) is 0.308. The van der Waals surface area contributed by atoms with Gasteiger partial charge in [-0.1, -0.05) is 12.1 Å². The fourth-order valence-corrected chi connectivity index (χ4v) is 2.34. The largest absolute Gasteiger partial charge is 0.497 e. The van der Waals surface area contributed by atoms with Gasteiger partial charge >= 0.3 is 0 Å². The lowest BCUT2D eigenvalue weighted by Gasteiger charge is -2.03. The molecule has 2 rings (SSSR count). The van der Waals surface area contributed by atoms with Crippen molar-refractivity contribution in [2.24, 2.45) is 0 Å². The molecule has 0 saturated carbocycles. The monoisotopic (exact) mass is 248 g/mol. The number of nitrogens with two attached hydrogens (primary N) is 1. The van der Waals surface area contributed by atoms with E-state index in [1.807, 2.05) is 17.5 Å². The van der Waals surface area contributed by atoms with Gasteiger partial charge in [-0.15, -0.1) is 11.3 Å². The van der Waals surface area contributed by atoms with Crippen LogP contribution >= 0.6 is 11.3 Å². The lowest BCUT2D eigenvalue weighted by Crippen LogP contribution is -1.92. The molecule has 0 aliphatic rings. The van der Waals surface area contributed by atoms with Gasteiger partial charge < -0.3 is 10.5 Å². The summed E-state index contributed by atoms with van der Waals surface area (Å²) in [6.07, 6.45) is 3.09. The van der Waals surface area contributed by atoms with Crippen LogP contribution < -0.4 is 10.5 Å². The third kappa shape index (κ3) is 3.46. The van der Waals surface area contributed by atoms with E-state index in [-0.39, 0.29) is 0 Å². The van der Waals surface area contributed by atoms with E-state index in [0.717, 1.165) is 30.7 Å². The molecule has 0 atom stereocenters. The summed E-state index contributed by atoms with van der Waals surface area (Å²) in [5, 5.41) is 2.68. The van der Waals surface area contributed by atoms with Gasteiger partial charge in [0.15, 0.2) is 5.13 Å². The predicted octanol–water partition coefficient (Wildman–Crippen LogP) is 2.91. The second kappa shape index (κ2) is 5.68. The van der Waals surface area contributed by atoms with Gasteiger partial charge in [0.05, 0.1) is 12.8 Å². The molecular formula is C13H16N2OS. The Hall–Kier alpha value is -1.55. The molecule has 0 unspecified atom stereocenters. The van der Waals surface area contributed by atoms with Gasteiger partial charge in [0, 0.05) is 5.38 Å². The number of aromatic nitrogens is 1. The van der Waals surface area contributed by atoms with E-state index in [9.17, 15) is 0 Å². The lowest BCUT2D eigenvalue weighted by atomic mass is 10.1. The molecule has 1 aromatic carbocycles. The lowest BCUT2D eigenvalue weighted by molar-refractivity contribution is 0.414. The molecule has 0 saturated heterocycles. The van der Waals surface area contributed by atoms with E-state index >= 15 is 0 Å². The number of rotatable bonds is 5. The van der Waals surface area contributed by atoms with E-state index in [0.29, 0.717) is 5.13 Å². The molecule has 0 spiro atoms. The molecular weight excluding hydrogens is 232 g/mol. The molecule has 17 heavy (non-hydrogen) atoms. The summed E-state index contributed by atoms with van der Waals surface area (Å²) in [6, 6.07) is 8.19. The molecule has 0 fully saturated rings. The maximum Gasteiger partial charge on any atom is 0.180 e. The Labute approximate surface area is 105 Å². The van der Waals surface area contributed by atoms with E-state index in [1.165, 1.54) is 16.9 Å². The molecule has 4 heteroatoms. The summed E-state index contributed by atoms with van der Waals surface area (Å²) in [4.78, 5) is 4.25. The van der Waals surface area contributed by atoms with Crippen LogP contribution in [0.1, 0.15) is 17.7 Å². The second-order valence-corrected chi connectivity index (χ2v) is 4.77. The average molecular weight is 248 g/mol. The van der Waals surface area contributed by atoms with E-state index < -0.39 is 0 Å². The van der Waals surface area contributed by atoms with Crippen molar-refractivity contribution in [1.29, 1.82) is 0 Å². The van der Waals surface area contributed by atoms with Crippen LogP contribution in [0.4, 0.5) is 5.13 Å². The van der Waals surface area contributed by atoms with Crippen molar-refractivity contribution < 1.29 is 4.74 Å². The first kappa shape index (κ1) is 11.9. The second-order valence-electron chi connectivity index (χ2n) is 3.88. The number of methoxy groups -OCH3 is 1. The van der Waals surface area contributed by atoms with Crippen LogP contribution in [0.15, 0.2) is 29.6 Å². The van der Waals surface area contributed by atoms with E-state index in [2.05, 4.69) is 17.1 Å². The first-order valence-corrected chi connectivity index (χ1v) is 6.48. The molecule has 0 aliphatic carbocycles. The highest BCUT2D eigenvalue weighted by Crippen LogP contribution is 2.16. The topological polar surface area (TPSA) is 48.1 Å². The fourth-order valence-electron chi connectivity index (χ4n) is 1.74. The van der Waals surface area contributed by atoms with Crippen LogP contribution in [0, 0.1) is 0 Å². The molecule has 90 valence electrons. The van der Waals surface area contributed by atoms with Gasteiger partial charge in [0.2, 0.25) is 0 Å². The predicted molar refractivity (Wildman–Crippen MR) is 71.5 cm³/mol. The van der Waals surface area contributed by atoms with Crippen molar-refractivity contribution in [2.75, 3.05) is 12.8 Å². The quantitative estimate of drug-likeness (QED) is 0.885. The van der Waals surface area contributed by atoms with Crippen molar-refractivity contribution in [3.05, 3.63) is 40.9 Å². The Morgan fingerprint density at radius 2 is 2.24 bits per heavy atom. The summed E-state index contributed by atoms with van der Waals surface area (Å²) in [6.45, 7) is 0. The summed E-state index contributed by atoms with van der Waals surface area (Å²) in [5.74, 6) is 0.917. The van der Waals surface area contributed by atoms with Crippen LogP contribution in [-0.2, 0) is 12.8 Å². The van der Waals surface area contributed by atoms with Crippen molar-refractivity contribution >= 4 is 16.5 Å². The number of anilines is 1. The van der Waals surface area contributed by atoms with E-state index in [1.54, 1.807) is 7.11 Å². The number of nitrogen functional groups attached to an aromatic ring is 1. The van der Waals surface area contributed by atoms with Gasteiger partial charge in [0.25, 0.3) is 0 Å². The molecule has 2 aromatic rings. The van der Waals surface area contributed by atoms with Gasteiger partial charge in [-0.05, 0) is 37.0 Å². The molecule has 1 heterocycles. The molecule has 0 aliphatic heterocycles. The highest BCUT2D eigenvalue weighted by molar-refractivity contribution is 7.13. The van der Waals surface area contributed by atoms with E-state index in [4.69, 9.17) is 10.5 Å². The number of nitrogens with zero attached hydrogens (tertiary/aromatic N) is 1. The van der Waals surface area contributed by atoms with Crippen LogP contribution in [0.3, 0.4) is 0 Å². The number of hydrogen-bond donors (Lipinski definition) is 1. The van der Waals surface area contributed by atoms with Crippen molar-refractivity contribution in [3.63, 3.8) is 0 Å². The summed E-state index contributed by atoms with van der Waals surface area (Å²) >= 11 is 1.50. The summed E-state index contributed by atoms with van der Waals surface area (Å²) in [7, 11) is 1.69. The van der Waals surface area contributed by atoms with Gasteiger partial charge in [0.1, 0.15) is 5.75 Å². The van der Waals surface area contributed by atoms with Gasteiger partial charge in [-0.25, -0.2) is 4.98 Å². The van der Waals surface area contributed by atoms with Gasteiger partial charge in [-0.3, -0.25) is 0 Å².